The van der Waals surface area contributed by atoms with E-state index in [2.05, 4.69) is 248 Å². The molecule has 14 rings (SSSR count). The van der Waals surface area contributed by atoms with Crippen molar-refractivity contribution in [1.29, 1.82) is 0 Å². The number of amides is 2. The van der Waals surface area contributed by atoms with Gasteiger partial charge in [0.2, 0.25) is 11.8 Å². The molecule has 6 aromatic heterocycles. The molecule has 0 radical (unpaired) electrons. The van der Waals surface area contributed by atoms with E-state index in [-0.39, 0.29) is 70.3 Å². The summed E-state index contributed by atoms with van der Waals surface area (Å²) in [4.78, 5) is 58.2. The Kier molecular flexibility index (Phi) is 48.2. The highest BCUT2D eigenvalue weighted by Gasteiger charge is 2.29. The van der Waals surface area contributed by atoms with Crippen LogP contribution in [0.5, 0.6) is 0 Å². The van der Waals surface area contributed by atoms with Crippen LogP contribution in [0.4, 0.5) is 0 Å². The largest absolute Gasteiger partial charge is 0.341 e. The molecule has 108 heavy (non-hydrogen) atoms. The SMILES string of the molecule is C.CC1CCc2cccc(P(P)PP)c2C1.CC1CCc2ccnc(P(P)PP)c2C1.CC1CCc2cncc(P(P)PP)c2C1.CN1CCc2ccnc(P(P)PP)c2C1.CN1CCc2cncc(P(P)PP)c2C1.CN1Cc2c(ccnc2P(P)PP)CC1=O.CN1Cc2c(cncc2P(P)PP)CC1=O. The molecule has 1 aromatic carbocycles. The molecule has 2 amide bonds. The Balaban J connectivity index is 0.000000175. The van der Waals surface area contributed by atoms with E-state index in [0.29, 0.717) is 19.4 Å². The number of aromatic nitrogens is 6. The molecule has 3 aliphatic carbocycles. The fraction of sp³-hybridized carbons (Fsp3) is 0.441. The number of benzene rings is 1. The first-order valence-electron chi connectivity index (χ1n) is 35.2. The Morgan fingerprint density at radius 3 is 1.16 bits per heavy atom. The number of carbonyl (C=O) groups is 2. The number of hydrogen-bond donors (Lipinski definition) is 0. The van der Waals surface area contributed by atoms with E-state index >= 15 is 0 Å². The number of nitrogens with zero attached hydrogens (tertiary/aromatic N) is 10. The van der Waals surface area contributed by atoms with Gasteiger partial charge in [-0.05, 0) is 249 Å². The van der Waals surface area contributed by atoms with Crippen molar-refractivity contribution in [3.63, 3.8) is 0 Å². The summed E-state index contributed by atoms with van der Waals surface area (Å²) in [5.74, 6) is 2.94. The lowest BCUT2D eigenvalue weighted by atomic mass is 9.85. The summed E-state index contributed by atoms with van der Waals surface area (Å²) in [5.41, 5.74) is 24.3. The van der Waals surface area contributed by atoms with Crippen molar-refractivity contribution in [3.05, 3.63) is 170 Å². The quantitative estimate of drug-likeness (QED) is 0.0972. The number of rotatable bonds is 14. The van der Waals surface area contributed by atoms with Gasteiger partial charge in [0.05, 0.1) is 29.1 Å². The molecule has 12 nitrogen and oxygen atoms in total. The minimum atomic E-state index is -0.263. The molecule has 7 aromatic rings. The van der Waals surface area contributed by atoms with Crippen LogP contribution in [-0.2, 0) is 100.0 Å². The molecule has 0 saturated carbocycles. The zero-order valence-electron chi connectivity index (χ0n) is 62.3. The summed E-state index contributed by atoms with van der Waals surface area (Å²) >= 11 is 0. The van der Waals surface area contributed by atoms with Crippen LogP contribution < -0.4 is 37.5 Å². The van der Waals surface area contributed by atoms with Gasteiger partial charge < -0.3 is 19.6 Å². The fourth-order valence-electron chi connectivity index (χ4n) is 13.6. The lowest BCUT2D eigenvalue weighted by Gasteiger charge is -2.27. The van der Waals surface area contributed by atoms with Gasteiger partial charge in [-0.15, -0.1) is 125 Å². The Bertz CT molecular complexity index is 3570. The van der Waals surface area contributed by atoms with E-state index in [1.807, 2.05) is 57.3 Å². The van der Waals surface area contributed by atoms with E-state index in [1.165, 1.54) is 142 Å². The van der Waals surface area contributed by atoms with Crippen molar-refractivity contribution in [2.45, 2.75) is 138 Å². The molecule has 590 valence electrons. The zero-order chi connectivity index (χ0) is 77.6. The summed E-state index contributed by atoms with van der Waals surface area (Å²) in [6.45, 7) is 13.0. The third kappa shape index (κ3) is 29.3. The van der Waals surface area contributed by atoms with Crippen LogP contribution in [0, 0.1) is 17.8 Å². The number of pyridine rings is 6. The maximum absolute atomic E-state index is 11.6. The Morgan fingerprint density at radius 2 is 0.685 bits per heavy atom. The number of aryl methyl sites for hydroxylation is 3. The number of carbonyl (C=O) groups excluding carboxylic acids is 2. The van der Waals surface area contributed by atoms with Gasteiger partial charge in [0.25, 0.3) is 0 Å². The molecule has 4 aliphatic heterocycles. The molecule has 0 spiro atoms. The van der Waals surface area contributed by atoms with Crippen molar-refractivity contribution in [2.75, 3.05) is 41.3 Å². The molecule has 31 atom stereocenters. The molecule has 0 fully saturated rings. The highest BCUT2D eigenvalue weighted by Crippen LogP contribution is 2.69. The molecular weight excluding hydrogens is 1860 g/mol. The predicted molar refractivity (Wildman–Crippen MR) is 563 cm³/mol. The lowest BCUT2D eigenvalue weighted by Crippen LogP contribution is -2.35. The third-order valence-electron chi connectivity index (χ3n) is 19.8. The Labute approximate surface area is 700 Å². The molecule has 7 aliphatic rings. The van der Waals surface area contributed by atoms with Crippen molar-refractivity contribution in [3.8, 4) is 0 Å². The minimum Gasteiger partial charge on any atom is -0.341 e. The summed E-state index contributed by atoms with van der Waals surface area (Å²) < 4.78 is 0. The van der Waals surface area contributed by atoms with Crippen LogP contribution in [0.2, 0.25) is 0 Å². The third-order valence-corrected chi connectivity index (χ3v) is 89.8. The van der Waals surface area contributed by atoms with Crippen LogP contribution in [0.25, 0.3) is 0 Å². The Morgan fingerprint density at radius 1 is 0.361 bits per heavy atom. The van der Waals surface area contributed by atoms with Gasteiger partial charge >= 0.3 is 0 Å². The lowest BCUT2D eigenvalue weighted by molar-refractivity contribution is -0.131. The number of fused-ring (bicyclic) bond motifs is 7. The Hall–Kier alpha value is 5.02. The van der Waals surface area contributed by atoms with Crippen molar-refractivity contribution in [2.24, 2.45) is 17.8 Å². The van der Waals surface area contributed by atoms with E-state index in [9.17, 15) is 9.59 Å². The van der Waals surface area contributed by atoms with Gasteiger partial charge in [0.15, 0.2) is 0 Å². The van der Waals surface area contributed by atoms with Gasteiger partial charge in [-0.1, -0.05) is 102 Å². The second-order valence-corrected chi connectivity index (χ2v) is 91.2. The molecule has 31 unspecified atom stereocenters. The monoisotopic (exact) mass is 1970 g/mol. The average molecular weight is 1970 g/mol. The van der Waals surface area contributed by atoms with Gasteiger partial charge in [-0.3, -0.25) is 39.5 Å². The summed E-state index contributed by atoms with van der Waals surface area (Å²) in [7, 11) is 54.2. The van der Waals surface area contributed by atoms with Crippen LogP contribution in [0.3, 0.4) is 0 Å². The van der Waals surface area contributed by atoms with Gasteiger partial charge in [0.1, 0.15) is 0 Å². The standard InChI is InChI=1S/C11H18P4.2C10H17NP4.2C9H14N2OP4.2C9H16N2P4.CH4/c1-8-5-6-9-3-2-4-11(10(9)7-8)15(13)14-12;1-7-2-3-8-5-11-6-10(9(8)4-7)15(13)14-12;1-7-2-3-8-4-5-11-10(9(8)6-7)15(13)14-12;1-11-5-7-6(2-9(11)12)3-10-4-8(7)16(14)15-13;1-11-5-7-6(4-8(11)12)2-3-10-9(7)16(14)15-13;1-11-5-3-7-2-4-10-9(8(7)6-11)15(13)14-12;1-11-3-2-7-4-10-5-9(8(7)6-11)15(13)14-12;/h2-4,8,14H,5-7,12-13H2,1H3;5-7,14H,2-4,12-13H2,1H3;4-5,7,14H,2-3,6,12-13H2,1H3;3-4,15H,2,5,13-14H2,1H3;2-3,15H,4-5,13-14H2,1H3;2,4,14H,3,5-6,12-13H2,1H3;4-5,14H,2-3,6,12-13H2,1H3;1H4. The van der Waals surface area contributed by atoms with Crippen LogP contribution in [0.1, 0.15) is 125 Å². The van der Waals surface area contributed by atoms with E-state index in [4.69, 9.17) is 0 Å². The summed E-state index contributed by atoms with van der Waals surface area (Å²) in [6.07, 6.45) is 32.8. The fourth-order valence-corrected chi connectivity index (χ4v) is 39.5. The maximum Gasteiger partial charge on any atom is 0.227 e. The van der Waals surface area contributed by atoms with Gasteiger partial charge in [-0.2, -0.15) is 0 Å². The molecule has 0 saturated heterocycles. The molecule has 10 heterocycles. The summed E-state index contributed by atoms with van der Waals surface area (Å²) in [6, 6.07) is 13.3. The zero-order valence-corrected chi connectivity index (χ0v) is 91.8. The predicted octanol–water partition coefficient (Wildman–Crippen LogP) is 20.2. The summed E-state index contributed by atoms with van der Waals surface area (Å²) in [5, 5.41) is 5.96. The van der Waals surface area contributed by atoms with E-state index in [1.54, 1.807) is 42.9 Å². The number of hydrogen-bond acceptors (Lipinski definition) is 10. The van der Waals surface area contributed by atoms with Crippen molar-refractivity contribution in [1.82, 2.24) is 49.5 Å². The normalized spacial score (nSPS) is 20.3. The molecular formula is C68H116N10O2P28. The second-order valence-electron chi connectivity index (χ2n) is 27.5. The van der Waals surface area contributed by atoms with Crippen LogP contribution >= 0.6 is 232 Å². The van der Waals surface area contributed by atoms with Crippen LogP contribution in [-0.4, -0.2) is 103 Å². The smallest absolute Gasteiger partial charge is 0.227 e. The first kappa shape index (κ1) is 100. The highest BCUT2D eigenvalue weighted by molar-refractivity contribution is 8.66. The maximum atomic E-state index is 11.6. The van der Waals surface area contributed by atoms with Crippen molar-refractivity contribution >= 4 is 281 Å². The van der Waals surface area contributed by atoms with Crippen LogP contribution in [0.15, 0.2) is 92.2 Å². The van der Waals surface area contributed by atoms with Gasteiger partial charge in [0, 0.05) is 131 Å². The van der Waals surface area contributed by atoms with E-state index < -0.39 is 0 Å². The topological polar surface area (TPSA) is 124 Å². The molecule has 40 heteroatoms. The average Bonchev–Trinajstić information content (AvgIpc) is 0.767. The first-order valence-corrected chi connectivity index (χ1v) is 81.5. The highest BCUT2D eigenvalue weighted by atomic mass is 32.6. The van der Waals surface area contributed by atoms with Gasteiger partial charge in [-0.25, -0.2) is 0 Å². The minimum absolute atomic E-state index is 0. The molecule has 0 N–H and O–H groups in total. The number of likely N-dealkylation sites (N-methyl/N-ethyl adjacent to an activating group) is 4. The molecule has 0 bridgehead atoms. The second kappa shape index (κ2) is 52.0. The van der Waals surface area contributed by atoms with E-state index in [0.717, 1.165) is 117 Å². The van der Waals surface area contributed by atoms with Crippen molar-refractivity contribution < 1.29 is 9.59 Å². The first-order chi connectivity index (χ1) is 51.4.